The first-order valence-corrected chi connectivity index (χ1v) is 7.78. The average molecular weight is 276 g/mol. The van der Waals surface area contributed by atoms with Crippen LogP contribution < -0.4 is 5.32 Å². The monoisotopic (exact) mass is 275 g/mol. The van der Waals surface area contributed by atoms with E-state index in [1.54, 1.807) is 0 Å². The van der Waals surface area contributed by atoms with Crippen LogP contribution in [-0.2, 0) is 20.4 Å². The third-order valence-electron chi connectivity index (χ3n) is 2.72. The Morgan fingerprint density at radius 2 is 1.94 bits per heavy atom. The molecular weight excluding hydrogens is 262 g/mol. The highest BCUT2D eigenvalue weighted by Gasteiger charge is 2.41. The van der Waals surface area contributed by atoms with E-state index in [1.165, 1.54) is 0 Å². The molecule has 0 aromatic heterocycles. The first kappa shape index (κ1) is 12.8. The van der Waals surface area contributed by atoms with Crippen LogP contribution in [0.3, 0.4) is 0 Å². The van der Waals surface area contributed by atoms with Crippen LogP contribution >= 0.6 is 10.7 Å². The van der Waals surface area contributed by atoms with E-state index in [9.17, 15) is 8.42 Å². The topological polar surface area (TPSA) is 55.4 Å². The summed E-state index contributed by atoms with van der Waals surface area (Å²) >= 11 is 0. The number of hydrogen-bond donors (Lipinski definition) is 1. The Balaban J connectivity index is 1.96. The minimum absolute atomic E-state index is 0.151. The summed E-state index contributed by atoms with van der Waals surface area (Å²) in [6.45, 7) is 1.44. The molecule has 1 aliphatic heterocycles. The second-order valence-electron chi connectivity index (χ2n) is 4.24. The van der Waals surface area contributed by atoms with Crippen molar-refractivity contribution in [2.24, 2.45) is 0 Å². The Hall–Kier alpha value is -0.620. The van der Waals surface area contributed by atoms with E-state index >= 15 is 0 Å². The van der Waals surface area contributed by atoms with Crippen LogP contribution in [0.15, 0.2) is 30.3 Å². The van der Waals surface area contributed by atoms with Gasteiger partial charge in [0.25, 0.3) is 0 Å². The molecule has 1 saturated heterocycles. The zero-order valence-electron chi connectivity index (χ0n) is 9.23. The van der Waals surface area contributed by atoms with Crippen LogP contribution in [0, 0.1) is 0 Å². The van der Waals surface area contributed by atoms with Gasteiger partial charge in [-0.05, 0) is 5.56 Å². The Labute approximate surface area is 105 Å². The zero-order chi connectivity index (χ0) is 12.4. The van der Waals surface area contributed by atoms with Gasteiger partial charge in [0.05, 0.1) is 12.4 Å². The van der Waals surface area contributed by atoms with Crippen LogP contribution in [0.2, 0.25) is 0 Å². The van der Waals surface area contributed by atoms with Crippen molar-refractivity contribution in [2.75, 3.05) is 18.8 Å². The van der Waals surface area contributed by atoms with Gasteiger partial charge in [-0.25, -0.2) is 8.42 Å². The fourth-order valence-electron chi connectivity index (χ4n) is 1.77. The predicted molar refractivity (Wildman–Crippen MR) is 66.5 cm³/mol. The molecule has 0 unspecified atom stereocenters. The molecule has 0 radical (unpaired) electrons. The number of halogens is 1. The lowest BCUT2D eigenvalue weighted by molar-refractivity contribution is -0.0737. The molecule has 1 aromatic rings. The first-order chi connectivity index (χ1) is 7.99. The molecule has 1 heterocycles. The molecule has 0 atom stereocenters. The molecule has 4 nitrogen and oxygen atoms in total. The first-order valence-electron chi connectivity index (χ1n) is 5.30. The van der Waals surface area contributed by atoms with Crippen molar-refractivity contribution in [3.05, 3.63) is 35.9 Å². The number of ether oxygens (including phenoxy) is 1. The van der Waals surface area contributed by atoms with E-state index in [-0.39, 0.29) is 5.75 Å². The number of benzene rings is 1. The van der Waals surface area contributed by atoms with E-state index in [0.717, 1.165) is 5.56 Å². The van der Waals surface area contributed by atoms with Crippen LogP contribution in [0.25, 0.3) is 0 Å². The van der Waals surface area contributed by atoms with Gasteiger partial charge in [0.15, 0.2) is 0 Å². The highest BCUT2D eigenvalue weighted by Crippen LogP contribution is 2.22. The van der Waals surface area contributed by atoms with Crippen molar-refractivity contribution in [3.8, 4) is 0 Å². The van der Waals surface area contributed by atoms with Gasteiger partial charge < -0.3 is 10.1 Å². The zero-order valence-corrected chi connectivity index (χ0v) is 10.8. The highest BCUT2D eigenvalue weighted by atomic mass is 35.7. The lowest BCUT2D eigenvalue weighted by atomic mass is 9.99. The van der Waals surface area contributed by atoms with E-state index in [4.69, 9.17) is 15.4 Å². The summed E-state index contributed by atoms with van der Waals surface area (Å²) in [7, 11) is 1.74. The highest BCUT2D eigenvalue weighted by molar-refractivity contribution is 8.13. The quantitative estimate of drug-likeness (QED) is 0.818. The molecular formula is C11H14ClNO3S. The average Bonchev–Trinajstić information content (AvgIpc) is 2.22. The molecule has 1 aliphatic rings. The fraction of sp³-hybridized carbons (Fsp3) is 0.455. The molecule has 6 heteroatoms. The van der Waals surface area contributed by atoms with Crippen LogP contribution in [0.5, 0.6) is 0 Å². The second kappa shape index (κ2) is 4.94. The molecule has 2 rings (SSSR count). The second-order valence-corrected chi connectivity index (χ2v) is 7.02. The summed E-state index contributed by atoms with van der Waals surface area (Å²) in [5.74, 6) is -0.151. The summed E-state index contributed by atoms with van der Waals surface area (Å²) in [5.41, 5.74) is 0.349. The van der Waals surface area contributed by atoms with Crippen molar-refractivity contribution < 1.29 is 13.2 Å². The lowest BCUT2D eigenvalue weighted by Gasteiger charge is -2.41. The molecule has 94 valence electrons. The van der Waals surface area contributed by atoms with Gasteiger partial charge in [0.2, 0.25) is 9.05 Å². The maximum atomic E-state index is 11.1. The van der Waals surface area contributed by atoms with E-state index < -0.39 is 14.7 Å². The molecule has 0 spiro atoms. The molecule has 17 heavy (non-hydrogen) atoms. The maximum Gasteiger partial charge on any atom is 0.235 e. The summed E-state index contributed by atoms with van der Waals surface area (Å²) < 4.78 is 27.9. The number of nitrogens with one attached hydrogen (secondary N) is 1. The lowest BCUT2D eigenvalue weighted by Crippen LogP contribution is -2.64. The SMILES string of the molecule is O=S(=O)(Cl)CC1(OCc2ccccc2)CNC1. The van der Waals surface area contributed by atoms with E-state index in [2.05, 4.69) is 5.32 Å². The minimum atomic E-state index is -3.54. The largest absolute Gasteiger partial charge is 0.367 e. The summed E-state index contributed by atoms with van der Waals surface area (Å²) in [6.07, 6.45) is 0. The van der Waals surface area contributed by atoms with Crippen LogP contribution in [0.1, 0.15) is 5.56 Å². The molecule has 1 aromatic carbocycles. The maximum absolute atomic E-state index is 11.1. The predicted octanol–water partition coefficient (Wildman–Crippen LogP) is 1.11. The molecule has 1 fully saturated rings. The molecule has 0 saturated carbocycles. The van der Waals surface area contributed by atoms with Gasteiger partial charge >= 0.3 is 0 Å². The van der Waals surface area contributed by atoms with Gasteiger partial charge in [-0.15, -0.1) is 0 Å². The Bertz CT molecular complexity index is 471. The van der Waals surface area contributed by atoms with Crippen molar-refractivity contribution in [2.45, 2.75) is 12.2 Å². The third-order valence-corrected chi connectivity index (χ3v) is 3.92. The van der Waals surface area contributed by atoms with Crippen LogP contribution in [-0.4, -0.2) is 32.9 Å². The Morgan fingerprint density at radius 1 is 1.29 bits per heavy atom. The summed E-state index contributed by atoms with van der Waals surface area (Å²) in [5, 5.41) is 3.01. The molecule has 0 aliphatic carbocycles. The fourth-order valence-corrected chi connectivity index (χ4v) is 3.29. The Kier molecular flexibility index (Phi) is 3.73. The number of rotatable bonds is 5. The standard InChI is InChI=1S/C11H14ClNO3S/c12-17(14,15)9-11(7-13-8-11)16-6-10-4-2-1-3-5-10/h1-5,13H,6-9H2. The van der Waals surface area contributed by atoms with Crippen molar-refractivity contribution >= 4 is 19.7 Å². The number of hydrogen-bond acceptors (Lipinski definition) is 4. The third kappa shape index (κ3) is 3.67. The summed E-state index contributed by atoms with van der Waals surface area (Å²) in [6, 6.07) is 9.64. The summed E-state index contributed by atoms with van der Waals surface area (Å²) in [4.78, 5) is 0. The van der Waals surface area contributed by atoms with E-state index in [1.807, 2.05) is 30.3 Å². The van der Waals surface area contributed by atoms with Crippen molar-refractivity contribution in [3.63, 3.8) is 0 Å². The van der Waals surface area contributed by atoms with Gasteiger partial charge in [0.1, 0.15) is 5.60 Å². The van der Waals surface area contributed by atoms with Gasteiger partial charge in [-0.1, -0.05) is 30.3 Å². The van der Waals surface area contributed by atoms with Gasteiger partial charge in [-0.3, -0.25) is 0 Å². The van der Waals surface area contributed by atoms with Gasteiger partial charge in [0, 0.05) is 23.8 Å². The van der Waals surface area contributed by atoms with Gasteiger partial charge in [-0.2, -0.15) is 0 Å². The van der Waals surface area contributed by atoms with E-state index in [0.29, 0.717) is 19.7 Å². The van der Waals surface area contributed by atoms with Crippen molar-refractivity contribution in [1.29, 1.82) is 0 Å². The van der Waals surface area contributed by atoms with Crippen molar-refractivity contribution in [1.82, 2.24) is 5.32 Å². The smallest absolute Gasteiger partial charge is 0.235 e. The molecule has 0 amide bonds. The normalized spacial score (nSPS) is 18.6. The Morgan fingerprint density at radius 3 is 2.41 bits per heavy atom. The van der Waals surface area contributed by atoms with Crippen LogP contribution in [0.4, 0.5) is 0 Å². The molecule has 0 bridgehead atoms. The minimum Gasteiger partial charge on any atom is -0.367 e. The molecule has 1 N–H and O–H groups in total.